The van der Waals surface area contributed by atoms with Gasteiger partial charge in [-0.3, -0.25) is 0 Å². The van der Waals surface area contributed by atoms with Crippen molar-refractivity contribution in [2.45, 2.75) is 38.4 Å². The number of benzene rings is 2. The first kappa shape index (κ1) is 16.0. The van der Waals surface area contributed by atoms with Crippen LogP contribution in [0, 0.1) is 0 Å². The summed E-state index contributed by atoms with van der Waals surface area (Å²) in [6.07, 6.45) is 2.20. The van der Waals surface area contributed by atoms with Crippen molar-refractivity contribution in [2.24, 2.45) is 0 Å². The van der Waals surface area contributed by atoms with Gasteiger partial charge in [-0.2, -0.15) is 0 Å². The molecule has 1 aliphatic heterocycles. The largest absolute Gasteiger partial charge is 0.494 e. The Kier molecular flexibility index (Phi) is 5.67. The molecular weight excluding hydrogens is 284 g/mol. The minimum absolute atomic E-state index is 0.406. The standard InChI is InChI=1S/C20H26N2O/c1-2-14-23-18-10-8-16(9-11-18)15-22-19-12-13-21-20(19)17-6-4-3-5-7-17/h3-11,19-22H,2,12-15H2,1H3/t19-,20-/m1/s1. The lowest BCUT2D eigenvalue weighted by Gasteiger charge is -2.21. The van der Waals surface area contributed by atoms with E-state index in [4.69, 9.17) is 4.74 Å². The summed E-state index contributed by atoms with van der Waals surface area (Å²) in [5, 5.41) is 7.31. The van der Waals surface area contributed by atoms with Gasteiger partial charge in [0.25, 0.3) is 0 Å². The number of ether oxygens (including phenoxy) is 1. The molecule has 122 valence electrons. The van der Waals surface area contributed by atoms with E-state index in [9.17, 15) is 0 Å². The zero-order valence-corrected chi connectivity index (χ0v) is 13.8. The van der Waals surface area contributed by atoms with Crippen molar-refractivity contribution in [3.8, 4) is 5.75 Å². The predicted octanol–water partition coefficient (Wildman–Crippen LogP) is 3.67. The number of hydrogen-bond acceptors (Lipinski definition) is 3. The van der Waals surface area contributed by atoms with E-state index in [1.54, 1.807) is 0 Å². The third-order valence-corrected chi connectivity index (χ3v) is 4.35. The molecule has 0 amide bonds. The van der Waals surface area contributed by atoms with Gasteiger partial charge < -0.3 is 15.4 Å². The van der Waals surface area contributed by atoms with Crippen LogP contribution in [0.2, 0.25) is 0 Å². The molecule has 0 radical (unpaired) electrons. The molecule has 1 saturated heterocycles. The topological polar surface area (TPSA) is 33.3 Å². The molecule has 2 atom stereocenters. The Hall–Kier alpha value is -1.84. The molecule has 2 N–H and O–H groups in total. The van der Waals surface area contributed by atoms with Crippen LogP contribution in [-0.4, -0.2) is 19.2 Å². The van der Waals surface area contributed by atoms with Gasteiger partial charge in [0.2, 0.25) is 0 Å². The molecule has 0 spiro atoms. The summed E-state index contributed by atoms with van der Waals surface area (Å²) in [5.41, 5.74) is 2.67. The highest BCUT2D eigenvalue weighted by Crippen LogP contribution is 2.24. The molecule has 2 aromatic carbocycles. The average molecular weight is 310 g/mol. The fraction of sp³-hybridized carbons (Fsp3) is 0.400. The van der Waals surface area contributed by atoms with E-state index in [1.165, 1.54) is 11.1 Å². The van der Waals surface area contributed by atoms with Crippen molar-refractivity contribution in [1.82, 2.24) is 10.6 Å². The smallest absolute Gasteiger partial charge is 0.119 e. The Morgan fingerprint density at radius 3 is 2.61 bits per heavy atom. The van der Waals surface area contributed by atoms with Gasteiger partial charge >= 0.3 is 0 Å². The molecule has 3 nitrogen and oxygen atoms in total. The summed E-state index contributed by atoms with van der Waals surface area (Å²) in [6.45, 7) is 4.87. The van der Waals surface area contributed by atoms with Gasteiger partial charge in [0.05, 0.1) is 6.61 Å². The highest BCUT2D eigenvalue weighted by molar-refractivity contribution is 5.27. The first-order valence-electron chi connectivity index (χ1n) is 8.60. The van der Waals surface area contributed by atoms with Crippen LogP contribution in [0.4, 0.5) is 0 Å². The van der Waals surface area contributed by atoms with E-state index in [0.717, 1.165) is 38.3 Å². The Morgan fingerprint density at radius 1 is 1.09 bits per heavy atom. The molecule has 1 heterocycles. The van der Waals surface area contributed by atoms with Crippen LogP contribution in [-0.2, 0) is 6.54 Å². The molecule has 0 bridgehead atoms. The second-order valence-corrected chi connectivity index (χ2v) is 6.11. The van der Waals surface area contributed by atoms with E-state index in [-0.39, 0.29) is 0 Å². The maximum absolute atomic E-state index is 5.63. The molecule has 0 unspecified atom stereocenters. The second-order valence-electron chi connectivity index (χ2n) is 6.11. The highest BCUT2D eigenvalue weighted by atomic mass is 16.5. The van der Waals surface area contributed by atoms with Gasteiger partial charge in [-0.15, -0.1) is 0 Å². The molecule has 3 rings (SSSR count). The number of hydrogen-bond donors (Lipinski definition) is 2. The minimum Gasteiger partial charge on any atom is -0.494 e. The van der Waals surface area contributed by atoms with E-state index < -0.39 is 0 Å². The number of rotatable bonds is 7. The first-order chi connectivity index (χ1) is 11.4. The summed E-state index contributed by atoms with van der Waals surface area (Å²) < 4.78 is 5.63. The third kappa shape index (κ3) is 4.34. The van der Waals surface area contributed by atoms with Crippen molar-refractivity contribution >= 4 is 0 Å². The van der Waals surface area contributed by atoms with Crippen LogP contribution in [0.5, 0.6) is 5.75 Å². The van der Waals surface area contributed by atoms with Crippen LogP contribution < -0.4 is 15.4 Å². The average Bonchev–Trinajstić information content (AvgIpc) is 3.08. The molecule has 1 fully saturated rings. The Morgan fingerprint density at radius 2 is 1.87 bits per heavy atom. The van der Waals surface area contributed by atoms with E-state index in [2.05, 4.69) is 72.2 Å². The molecule has 0 aliphatic carbocycles. The molecule has 0 aromatic heterocycles. The summed E-state index contributed by atoms with van der Waals surface area (Å²) in [5.74, 6) is 0.959. The number of nitrogens with one attached hydrogen (secondary N) is 2. The normalized spacial score (nSPS) is 20.6. The summed E-state index contributed by atoms with van der Waals surface area (Å²) in [7, 11) is 0. The Bertz CT molecular complexity index is 582. The minimum atomic E-state index is 0.406. The van der Waals surface area contributed by atoms with Crippen LogP contribution >= 0.6 is 0 Å². The SMILES string of the molecule is CCCOc1ccc(CN[C@@H]2CCN[C@@H]2c2ccccc2)cc1. The van der Waals surface area contributed by atoms with Gasteiger partial charge in [-0.05, 0) is 42.6 Å². The summed E-state index contributed by atoms with van der Waals surface area (Å²) in [4.78, 5) is 0. The fourth-order valence-corrected chi connectivity index (χ4v) is 3.11. The zero-order valence-electron chi connectivity index (χ0n) is 13.8. The van der Waals surface area contributed by atoms with E-state index >= 15 is 0 Å². The predicted molar refractivity (Wildman–Crippen MR) is 94.7 cm³/mol. The van der Waals surface area contributed by atoms with Gasteiger partial charge in [0.15, 0.2) is 0 Å². The summed E-state index contributed by atoms with van der Waals surface area (Å²) >= 11 is 0. The van der Waals surface area contributed by atoms with Crippen molar-refractivity contribution in [2.75, 3.05) is 13.2 Å². The Balaban J connectivity index is 1.55. The first-order valence-corrected chi connectivity index (χ1v) is 8.60. The van der Waals surface area contributed by atoms with E-state index in [0.29, 0.717) is 12.1 Å². The second kappa shape index (κ2) is 8.14. The highest BCUT2D eigenvalue weighted by Gasteiger charge is 2.27. The fourth-order valence-electron chi connectivity index (χ4n) is 3.11. The quantitative estimate of drug-likeness (QED) is 0.818. The van der Waals surface area contributed by atoms with Crippen LogP contribution in [0.3, 0.4) is 0 Å². The van der Waals surface area contributed by atoms with Crippen molar-refractivity contribution in [3.05, 3.63) is 65.7 Å². The monoisotopic (exact) mass is 310 g/mol. The van der Waals surface area contributed by atoms with Crippen LogP contribution in [0.25, 0.3) is 0 Å². The van der Waals surface area contributed by atoms with E-state index in [1.807, 2.05) is 0 Å². The van der Waals surface area contributed by atoms with Gasteiger partial charge in [0, 0.05) is 18.6 Å². The Labute approximate surface area is 139 Å². The molecule has 23 heavy (non-hydrogen) atoms. The van der Waals surface area contributed by atoms with Crippen LogP contribution in [0.15, 0.2) is 54.6 Å². The molecule has 2 aromatic rings. The summed E-state index contributed by atoms with van der Waals surface area (Å²) in [6, 6.07) is 20.0. The van der Waals surface area contributed by atoms with Crippen molar-refractivity contribution < 1.29 is 4.74 Å². The van der Waals surface area contributed by atoms with Gasteiger partial charge in [-0.25, -0.2) is 0 Å². The molecule has 0 saturated carbocycles. The van der Waals surface area contributed by atoms with Crippen molar-refractivity contribution in [3.63, 3.8) is 0 Å². The lowest BCUT2D eigenvalue weighted by atomic mass is 10.0. The lowest BCUT2D eigenvalue weighted by Crippen LogP contribution is -2.33. The maximum Gasteiger partial charge on any atom is 0.119 e. The molecule has 1 aliphatic rings. The lowest BCUT2D eigenvalue weighted by molar-refractivity contribution is 0.317. The third-order valence-electron chi connectivity index (χ3n) is 4.35. The maximum atomic E-state index is 5.63. The molecule has 3 heteroatoms. The zero-order chi connectivity index (χ0) is 15.9. The van der Waals surface area contributed by atoms with Crippen LogP contribution in [0.1, 0.15) is 36.9 Å². The molecular formula is C20H26N2O. The van der Waals surface area contributed by atoms with Gasteiger partial charge in [0.1, 0.15) is 5.75 Å². The van der Waals surface area contributed by atoms with Crippen molar-refractivity contribution in [1.29, 1.82) is 0 Å². The van der Waals surface area contributed by atoms with Gasteiger partial charge in [-0.1, -0.05) is 49.4 Å².